The predicted octanol–water partition coefficient (Wildman–Crippen LogP) is 1.62. The lowest BCUT2D eigenvalue weighted by molar-refractivity contribution is -0.669. The number of aromatic amines is 1. The van der Waals surface area contributed by atoms with E-state index in [1.54, 1.807) is 0 Å². The van der Waals surface area contributed by atoms with Crippen molar-refractivity contribution in [2.45, 2.75) is 26.8 Å². The summed E-state index contributed by atoms with van der Waals surface area (Å²) in [6, 6.07) is 8.14. The summed E-state index contributed by atoms with van der Waals surface area (Å²) in [5, 5.41) is 2.94. The summed E-state index contributed by atoms with van der Waals surface area (Å²) in [7, 11) is 0. The zero-order valence-electron chi connectivity index (χ0n) is 10.9. The number of fused-ring (bicyclic) bond motifs is 1. The van der Waals surface area contributed by atoms with Gasteiger partial charge < -0.3 is 5.32 Å². The van der Waals surface area contributed by atoms with Gasteiger partial charge in [-0.2, -0.15) is 0 Å². The molecule has 1 heterocycles. The molecule has 0 fully saturated rings. The summed E-state index contributed by atoms with van der Waals surface area (Å²) < 4.78 is 2.12. The van der Waals surface area contributed by atoms with Gasteiger partial charge in [0.15, 0.2) is 11.0 Å². The van der Waals surface area contributed by atoms with E-state index in [0.717, 1.165) is 17.6 Å². The van der Waals surface area contributed by atoms with Crippen LogP contribution in [0.4, 0.5) is 0 Å². The molecule has 0 aliphatic carbocycles. The molecule has 18 heavy (non-hydrogen) atoms. The van der Waals surface area contributed by atoms with Crippen molar-refractivity contribution in [2.24, 2.45) is 5.92 Å². The van der Waals surface area contributed by atoms with Gasteiger partial charge in [-0.1, -0.05) is 26.0 Å². The molecular weight excluding hydrogens is 226 g/mol. The summed E-state index contributed by atoms with van der Waals surface area (Å²) in [5.74, 6) is 0.538. The van der Waals surface area contributed by atoms with E-state index in [4.69, 9.17) is 0 Å². The second-order valence-electron chi connectivity index (χ2n) is 4.93. The van der Waals surface area contributed by atoms with Gasteiger partial charge in [0.2, 0.25) is 12.2 Å². The molecule has 1 amide bonds. The van der Waals surface area contributed by atoms with Gasteiger partial charge in [0, 0.05) is 6.42 Å². The monoisotopic (exact) mass is 246 g/mol. The number of nitrogens with zero attached hydrogens (tertiary/aromatic N) is 1. The molecule has 0 radical (unpaired) electrons. The number of hydrogen-bond acceptors (Lipinski definition) is 1. The van der Waals surface area contributed by atoms with Crippen LogP contribution in [0.25, 0.3) is 11.0 Å². The number of carbonyl (C=O) groups is 1. The van der Waals surface area contributed by atoms with Gasteiger partial charge >= 0.3 is 0 Å². The molecule has 4 heteroatoms. The van der Waals surface area contributed by atoms with Crippen LogP contribution < -0.4 is 9.88 Å². The van der Waals surface area contributed by atoms with Gasteiger partial charge in [-0.25, -0.2) is 9.55 Å². The van der Waals surface area contributed by atoms with Gasteiger partial charge in [0.1, 0.15) is 6.54 Å². The Kier molecular flexibility index (Phi) is 3.97. The van der Waals surface area contributed by atoms with Crippen molar-refractivity contribution in [3.05, 3.63) is 30.6 Å². The summed E-state index contributed by atoms with van der Waals surface area (Å²) >= 11 is 0. The first-order valence-corrected chi connectivity index (χ1v) is 6.39. The van der Waals surface area contributed by atoms with Crippen LogP contribution in [0.2, 0.25) is 0 Å². The standard InChI is InChI=1S/C14H19N3O/c1-11(2)9-14(18)15-7-8-17-10-16-12-5-3-4-6-13(12)17/h3-6,10-11H,7-9H2,1-2H3,(H,15,18)/p+1. The molecule has 2 N–H and O–H groups in total. The van der Waals surface area contributed by atoms with E-state index >= 15 is 0 Å². The zero-order chi connectivity index (χ0) is 13.0. The van der Waals surface area contributed by atoms with Crippen molar-refractivity contribution < 1.29 is 9.36 Å². The van der Waals surface area contributed by atoms with Crippen LogP contribution in [0.15, 0.2) is 30.6 Å². The molecule has 0 aliphatic heterocycles. The average molecular weight is 246 g/mol. The number of aromatic nitrogens is 2. The number of imidazole rings is 1. The fourth-order valence-corrected chi connectivity index (χ4v) is 2.01. The third kappa shape index (κ3) is 3.09. The Labute approximate surface area is 107 Å². The lowest BCUT2D eigenvalue weighted by atomic mass is 10.1. The normalized spacial score (nSPS) is 11.1. The molecule has 2 rings (SSSR count). The number of para-hydroxylation sites is 2. The molecule has 0 saturated carbocycles. The van der Waals surface area contributed by atoms with Gasteiger partial charge in [-0.15, -0.1) is 0 Å². The van der Waals surface area contributed by atoms with Crippen LogP contribution in [-0.2, 0) is 11.3 Å². The van der Waals surface area contributed by atoms with E-state index in [1.165, 1.54) is 0 Å². The van der Waals surface area contributed by atoms with Gasteiger partial charge in [-0.3, -0.25) is 4.79 Å². The number of benzene rings is 1. The summed E-state index contributed by atoms with van der Waals surface area (Å²) in [5.41, 5.74) is 2.28. The third-order valence-corrected chi connectivity index (χ3v) is 2.86. The van der Waals surface area contributed by atoms with E-state index in [1.807, 2.05) is 38.4 Å². The highest BCUT2D eigenvalue weighted by atomic mass is 16.1. The lowest BCUT2D eigenvalue weighted by Crippen LogP contribution is -2.39. The molecule has 0 spiro atoms. The summed E-state index contributed by atoms with van der Waals surface area (Å²) in [4.78, 5) is 14.7. The number of rotatable bonds is 5. The molecule has 0 unspecified atom stereocenters. The largest absolute Gasteiger partial charge is 0.352 e. The Morgan fingerprint density at radius 1 is 1.39 bits per heavy atom. The Morgan fingerprint density at radius 2 is 2.17 bits per heavy atom. The Hall–Kier alpha value is -1.84. The van der Waals surface area contributed by atoms with Gasteiger partial charge in [-0.05, 0) is 18.1 Å². The van der Waals surface area contributed by atoms with Crippen molar-refractivity contribution in [3.63, 3.8) is 0 Å². The van der Waals surface area contributed by atoms with Crippen molar-refractivity contribution in [3.8, 4) is 0 Å². The van der Waals surface area contributed by atoms with Crippen LogP contribution in [0.3, 0.4) is 0 Å². The van der Waals surface area contributed by atoms with E-state index in [-0.39, 0.29) is 5.91 Å². The second kappa shape index (κ2) is 5.67. The minimum atomic E-state index is 0.130. The number of amides is 1. The highest BCUT2D eigenvalue weighted by Gasteiger charge is 2.09. The number of nitrogens with one attached hydrogen (secondary N) is 2. The Balaban J connectivity index is 1.89. The van der Waals surface area contributed by atoms with Crippen LogP contribution in [0.1, 0.15) is 20.3 Å². The van der Waals surface area contributed by atoms with Crippen molar-refractivity contribution in [1.82, 2.24) is 10.3 Å². The molecule has 0 aliphatic rings. The SMILES string of the molecule is CC(C)CC(=O)NCC[n+]1c[nH]c2ccccc21. The number of hydrogen-bond donors (Lipinski definition) is 2. The van der Waals surface area contributed by atoms with Crippen LogP contribution in [0.5, 0.6) is 0 Å². The van der Waals surface area contributed by atoms with Crippen LogP contribution in [0, 0.1) is 5.92 Å². The molecule has 1 aromatic carbocycles. The smallest absolute Gasteiger partial charge is 0.242 e. The maximum atomic E-state index is 11.5. The molecule has 96 valence electrons. The summed E-state index contributed by atoms with van der Waals surface area (Å²) in [6.45, 7) is 5.55. The summed E-state index contributed by atoms with van der Waals surface area (Å²) in [6.07, 6.45) is 2.54. The molecule has 0 bridgehead atoms. The quantitative estimate of drug-likeness (QED) is 0.774. The lowest BCUT2D eigenvalue weighted by Gasteiger charge is -2.05. The number of carbonyl (C=O) groups excluding carboxylic acids is 1. The minimum absolute atomic E-state index is 0.130. The number of H-pyrrole nitrogens is 1. The molecule has 4 nitrogen and oxygen atoms in total. The molecule has 2 aromatic rings. The second-order valence-corrected chi connectivity index (χ2v) is 4.93. The van der Waals surface area contributed by atoms with E-state index in [0.29, 0.717) is 18.9 Å². The Morgan fingerprint density at radius 3 is 2.94 bits per heavy atom. The molecule has 0 atom stereocenters. The predicted molar refractivity (Wildman–Crippen MR) is 71.0 cm³/mol. The van der Waals surface area contributed by atoms with E-state index in [9.17, 15) is 4.79 Å². The topological polar surface area (TPSA) is 48.8 Å². The first kappa shape index (κ1) is 12.6. The first-order chi connectivity index (χ1) is 8.66. The van der Waals surface area contributed by atoms with Crippen molar-refractivity contribution >= 4 is 16.9 Å². The molecule has 1 aromatic heterocycles. The molecule has 0 saturated heterocycles. The minimum Gasteiger partial charge on any atom is -0.352 e. The highest BCUT2D eigenvalue weighted by Crippen LogP contribution is 2.04. The van der Waals surface area contributed by atoms with Crippen molar-refractivity contribution in [1.29, 1.82) is 0 Å². The zero-order valence-corrected chi connectivity index (χ0v) is 10.9. The van der Waals surface area contributed by atoms with Crippen molar-refractivity contribution in [2.75, 3.05) is 6.54 Å². The highest BCUT2D eigenvalue weighted by molar-refractivity contribution is 5.76. The van der Waals surface area contributed by atoms with Gasteiger partial charge in [0.05, 0.1) is 6.54 Å². The fraction of sp³-hybridized carbons (Fsp3) is 0.429. The van der Waals surface area contributed by atoms with Crippen LogP contribution >= 0.6 is 0 Å². The third-order valence-electron chi connectivity index (χ3n) is 2.86. The average Bonchev–Trinajstić information content (AvgIpc) is 2.72. The Bertz CT molecular complexity index is 531. The maximum Gasteiger partial charge on any atom is 0.242 e. The van der Waals surface area contributed by atoms with Gasteiger partial charge in [0.25, 0.3) is 0 Å². The van der Waals surface area contributed by atoms with E-state index in [2.05, 4.69) is 20.9 Å². The first-order valence-electron chi connectivity index (χ1n) is 6.39. The van der Waals surface area contributed by atoms with Crippen LogP contribution in [-0.4, -0.2) is 17.4 Å². The maximum absolute atomic E-state index is 11.5. The molecular formula is C14H20N3O+. The fourth-order valence-electron chi connectivity index (χ4n) is 2.01. The van der Waals surface area contributed by atoms with E-state index < -0.39 is 0 Å².